The van der Waals surface area contributed by atoms with E-state index < -0.39 is 11.9 Å². The van der Waals surface area contributed by atoms with Crippen LogP contribution in [0.1, 0.15) is 50.2 Å². The summed E-state index contributed by atoms with van der Waals surface area (Å²) in [4.78, 5) is 10.8. The van der Waals surface area contributed by atoms with Crippen LogP contribution in [0.4, 0.5) is 0 Å². The lowest BCUT2D eigenvalue weighted by atomic mass is 10.00. The lowest BCUT2D eigenvalue weighted by Crippen LogP contribution is -2.14. The van der Waals surface area contributed by atoms with Crippen molar-refractivity contribution < 1.29 is 9.90 Å². The highest BCUT2D eigenvalue weighted by atomic mass is 16.4. The molecule has 18 heavy (non-hydrogen) atoms. The maximum Gasteiger partial charge on any atom is 0.310 e. The number of carboxylic acid groups (broad SMARTS) is 1. The Morgan fingerprint density at radius 3 is 2.50 bits per heavy atom. The quantitative estimate of drug-likeness (QED) is 0.696. The van der Waals surface area contributed by atoms with Crippen molar-refractivity contribution in [3.8, 4) is 0 Å². The lowest BCUT2D eigenvalue weighted by Gasteiger charge is -2.08. The molecule has 1 rings (SSSR count). The Labute approximate surface area is 109 Å². The van der Waals surface area contributed by atoms with Gasteiger partial charge in [0.1, 0.15) is 0 Å². The number of rotatable bonds is 8. The fourth-order valence-corrected chi connectivity index (χ4v) is 1.80. The van der Waals surface area contributed by atoms with Crippen molar-refractivity contribution in [2.75, 3.05) is 6.54 Å². The summed E-state index contributed by atoms with van der Waals surface area (Å²) < 4.78 is 0. The fourth-order valence-electron chi connectivity index (χ4n) is 1.80. The summed E-state index contributed by atoms with van der Waals surface area (Å²) in [6, 6.07) is 7.81. The first-order chi connectivity index (χ1) is 8.65. The molecule has 0 heterocycles. The van der Waals surface area contributed by atoms with Gasteiger partial charge in [0.2, 0.25) is 0 Å². The van der Waals surface area contributed by atoms with Crippen molar-refractivity contribution in [3.05, 3.63) is 35.4 Å². The van der Waals surface area contributed by atoms with Crippen LogP contribution in [-0.2, 0) is 11.3 Å². The molecule has 100 valence electrons. The van der Waals surface area contributed by atoms with E-state index in [-0.39, 0.29) is 0 Å². The zero-order chi connectivity index (χ0) is 13.4. The summed E-state index contributed by atoms with van der Waals surface area (Å²) in [7, 11) is 0. The number of nitrogens with one attached hydrogen (secondary N) is 1. The van der Waals surface area contributed by atoms with Crippen molar-refractivity contribution in [3.63, 3.8) is 0 Å². The topological polar surface area (TPSA) is 49.3 Å². The predicted molar refractivity (Wildman–Crippen MR) is 73.7 cm³/mol. The van der Waals surface area contributed by atoms with Gasteiger partial charge in [-0.2, -0.15) is 0 Å². The SMILES string of the molecule is CCCCCNCc1ccc(C(C)C(=O)O)cc1. The van der Waals surface area contributed by atoms with Gasteiger partial charge in [-0.3, -0.25) is 4.79 Å². The van der Waals surface area contributed by atoms with Gasteiger partial charge in [0.05, 0.1) is 5.92 Å². The molecule has 0 aliphatic rings. The second-order valence-corrected chi connectivity index (χ2v) is 4.69. The number of aliphatic carboxylic acids is 1. The van der Waals surface area contributed by atoms with Crippen LogP contribution in [0, 0.1) is 0 Å². The Hall–Kier alpha value is -1.35. The third kappa shape index (κ3) is 4.88. The number of carbonyl (C=O) groups is 1. The van der Waals surface area contributed by atoms with Crippen LogP contribution in [0.15, 0.2) is 24.3 Å². The minimum Gasteiger partial charge on any atom is -0.481 e. The molecule has 2 N–H and O–H groups in total. The van der Waals surface area contributed by atoms with E-state index in [1.54, 1.807) is 6.92 Å². The molecular formula is C15H23NO2. The first kappa shape index (κ1) is 14.7. The third-order valence-electron chi connectivity index (χ3n) is 3.14. The van der Waals surface area contributed by atoms with Crippen molar-refractivity contribution in [1.29, 1.82) is 0 Å². The minimum atomic E-state index is -0.777. The normalized spacial score (nSPS) is 12.3. The van der Waals surface area contributed by atoms with Crippen LogP contribution in [0.3, 0.4) is 0 Å². The molecule has 1 unspecified atom stereocenters. The van der Waals surface area contributed by atoms with E-state index in [0.717, 1.165) is 18.7 Å². The highest BCUT2D eigenvalue weighted by molar-refractivity contribution is 5.75. The van der Waals surface area contributed by atoms with Crippen molar-refractivity contribution in [1.82, 2.24) is 5.32 Å². The standard InChI is InChI=1S/C15H23NO2/c1-3-4-5-10-16-11-13-6-8-14(9-7-13)12(2)15(17)18/h6-9,12,16H,3-5,10-11H2,1-2H3,(H,17,18). The monoisotopic (exact) mass is 249 g/mol. The molecule has 3 heteroatoms. The Kier molecular flexibility index (Phi) is 6.44. The van der Waals surface area contributed by atoms with E-state index in [9.17, 15) is 4.79 Å². The zero-order valence-electron chi connectivity index (χ0n) is 11.3. The Bertz CT molecular complexity index is 359. The van der Waals surface area contributed by atoms with Gasteiger partial charge >= 0.3 is 5.97 Å². The number of hydrogen-bond donors (Lipinski definition) is 2. The molecule has 0 amide bonds. The van der Waals surface area contributed by atoms with Gasteiger partial charge in [0.15, 0.2) is 0 Å². The molecule has 0 bridgehead atoms. The number of hydrogen-bond acceptors (Lipinski definition) is 2. The Morgan fingerprint density at radius 1 is 1.28 bits per heavy atom. The van der Waals surface area contributed by atoms with Crippen LogP contribution in [0.5, 0.6) is 0 Å². The molecule has 0 aliphatic carbocycles. The largest absolute Gasteiger partial charge is 0.481 e. The molecule has 1 atom stereocenters. The van der Waals surface area contributed by atoms with Crippen molar-refractivity contribution in [2.24, 2.45) is 0 Å². The highest BCUT2D eigenvalue weighted by Gasteiger charge is 2.12. The number of carboxylic acids is 1. The van der Waals surface area contributed by atoms with E-state index in [2.05, 4.69) is 12.2 Å². The van der Waals surface area contributed by atoms with Crippen LogP contribution in [-0.4, -0.2) is 17.6 Å². The molecule has 0 saturated carbocycles. The number of unbranched alkanes of at least 4 members (excludes halogenated alkanes) is 2. The molecule has 1 aromatic carbocycles. The van der Waals surface area contributed by atoms with Gasteiger partial charge in [-0.15, -0.1) is 0 Å². The molecule has 0 radical (unpaired) electrons. The minimum absolute atomic E-state index is 0.434. The smallest absolute Gasteiger partial charge is 0.310 e. The Balaban J connectivity index is 2.38. The maximum atomic E-state index is 10.8. The van der Waals surface area contributed by atoms with Crippen LogP contribution in [0.25, 0.3) is 0 Å². The number of benzene rings is 1. The second kappa shape index (κ2) is 7.88. The van der Waals surface area contributed by atoms with Crippen LogP contribution < -0.4 is 5.32 Å². The summed E-state index contributed by atoms with van der Waals surface area (Å²) >= 11 is 0. The summed E-state index contributed by atoms with van der Waals surface area (Å²) in [6.45, 7) is 5.80. The molecule has 0 aliphatic heterocycles. The van der Waals surface area contributed by atoms with Crippen LogP contribution >= 0.6 is 0 Å². The maximum absolute atomic E-state index is 10.8. The molecular weight excluding hydrogens is 226 g/mol. The average molecular weight is 249 g/mol. The Morgan fingerprint density at radius 2 is 1.94 bits per heavy atom. The molecule has 0 fully saturated rings. The van der Waals surface area contributed by atoms with E-state index in [1.807, 2.05) is 24.3 Å². The van der Waals surface area contributed by atoms with Gasteiger partial charge < -0.3 is 10.4 Å². The van der Waals surface area contributed by atoms with E-state index in [4.69, 9.17) is 5.11 Å². The van der Waals surface area contributed by atoms with Gasteiger partial charge in [0.25, 0.3) is 0 Å². The molecule has 0 spiro atoms. The molecule has 0 saturated heterocycles. The van der Waals surface area contributed by atoms with Gasteiger partial charge in [0, 0.05) is 6.54 Å². The third-order valence-corrected chi connectivity index (χ3v) is 3.14. The summed E-state index contributed by atoms with van der Waals surface area (Å²) in [6.07, 6.45) is 3.72. The predicted octanol–water partition coefficient (Wildman–Crippen LogP) is 3.15. The average Bonchev–Trinajstić information content (AvgIpc) is 2.38. The van der Waals surface area contributed by atoms with Gasteiger partial charge in [-0.1, -0.05) is 44.0 Å². The summed E-state index contributed by atoms with van der Waals surface area (Å²) in [5, 5.41) is 12.3. The summed E-state index contributed by atoms with van der Waals surface area (Å²) in [5.74, 6) is -1.21. The van der Waals surface area contributed by atoms with E-state index in [0.29, 0.717) is 0 Å². The lowest BCUT2D eigenvalue weighted by molar-refractivity contribution is -0.138. The van der Waals surface area contributed by atoms with Gasteiger partial charge in [-0.25, -0.2) is 0 Å². The first-order valence-corrected chi connectivity index (χ1v) is 6.67. The second-order valence-electron chi connectivity index (χ2n) is 4.69. The first-order valence-electron chi connectivity index (χ1n) is 6.67. The molecule has 1 aromatic rings. The van der Waals surface area contributed by atoms with Crippen LogP contribution in [0.2, 0.25) is 0 Å². The highest BCUT2D eigenvalue weighted by Crippen LogP contribution is 2.15. The zero-order valence-corrected chi connectivity index (χ0v) is 11.3. The summed E-state index contributed by atoms with van der Waals surface area (Å²) in [5.41, 5.74) is 2.06. The van der Waals surface area contributed by atoms with Gasteiger partial charge in [-0.05, 0) is 31.0 Å². The fraction of sp³-hybridized carbons (Fsp3) is 0.533. The van der Waals surface area contributed by atoms with Crippen molar-refractivity contribution >= 4 is 5.97 Å². The molecule has 3 nitrogen and oxygen atoms in total. The van der Waals surface area contributed by atoms with E-state index in [1.165, 1.54) is 24.8 Å². The van der Waals surface area contributed by atoms with E-state index >= 15 is 0 Å². The van der Waals surface area contributed by atoms with Crippen molar-refractivity contribution in [2.45, 2.75) is 45.6 Å². The molecule has 0 aromatic heterocycles.